The molecule has 0 unspecified atom stereocenters. The summed E-state index contributed by atoms with van der Waals surface area (Å²) >= 11 is 1.40. The molecule has 2 aromatic heterocycles. The van der Waals surface area contributed by atoms with Crippen LogP contribution in [0.2, 0.25) is 0 Å². The Morgan fingerprint density at radius 2 is 1.94 bits per heavy atom. The molecule has 5 nitrogen and oxygen atoms in total. The maximum atomic E-state index is 5.85. The molecule has 0 atom stereocenters. The molecule has 0 saturated carbocycles. The molecule has 0 amide bonds. The van der Waals surface area contributed by atoms with Crippen molar-refractivity contribution in [3.63, 3.8) is 0 Å². The lowest BCUT2D eigenvalue weighted by Crippen LogP contribution is -2.03. The highest BCUT2D eigenvalue weighted by molar-refractivity contribution is 7.99. The van der Waals surface area contributed by atoms with E-state index in [1.807, 2.05) is 13.8 Å². The van der Waals surface area contributed by atoms with Crippen LogP contribution in [-0.2, 0) is 6.42 Å². The van der Waals surface area contributed by atoms with Crippen LogP contribution in [0.1, 0.15) is 18.3 Å². The van der Waals surface area contributed by atoms with Gasteiger partial charge in [0, 0.05) is 24.4 Å². The monoisotopic (exact) mass is 247 g/mol. The lowest BCUT2D eigenvalue weighted by Gasteiger charge is -2.07. The van der Waals surface area contributed by atoms with Crippen molar-refractivity contribution >= 4 is 17.6 Å². The second kappa shape index (κ2) is 5.09. The Hall–Kier alpha value is -1.69. The van der Waals surface area contributed by atoms with Gasteiger partial charge in [-0.1, -0.05) is 6.92 Å². The highest BCUT2D eigenvalue weighted by Crippen LogP contribution is 2.27. The van der Waals surface area contributed by atoms with E-state index in [-0.39, 0.29) is 0 Å². The summed E-state index contributed by atoms with van der Waals surface area (Å²) in [6.45, 7) is 3.90. The molecule has 2 heterocycles. The van der Waals surface area contributed by atoms with Crippen molar-refractivity contribution in [2.75, 3.05) is 5.73 Å². The fraction of sp³-hybridized carbons (Fsp3) is 0.273. The first kappa shape index (κ1) is 11.8. The fourth-order valence-electron chi connectivity index (χ4n) is 1.24. The van der Waals surface area contributed by atoms with Crippen molar-refractivity contribution in [1.82, 2.24) is 19.9 Å². The van der Waals surface area contributed by atoms with Gasteiger partial charge in [-0.3, -0.25) is 0 Å². The van der Waals surface area contributed by atoms with Gasteiger partial charge in [-0.05, 0) is 24.8 Å². The second-order valence-electron chi connectivity index (χ2n) is 3.44. The van der Waals surface area contributed by atoms with Crippen LogP contribution in [0.15, 0.2) is 28.6 Å². The number of nitrogen functional groups attached to an aromatic ring is 1. The van der Waals surface area contributed by atoms with Crippen LogP contribution in [0.3, 0.4) is 0 Å². The molecule has 0 aliphatic heterocycles. The van der Waals surface area contributed by atoms with Gasteiger partial charge in [-0.25, -0.2) is 19.9 Å². The maximum Gasteiger partial charge on any atom is 0.193 e. The second-order valence-corrected chi connectivity index (χ2v) is 4.40. The van der Waals surface area contributed by atoms with E-state index in [1.165, 1.54) is 11.8 Å². The van der Waals surface area contributed by atoms with E-state index in [0.717, 1.165) is 22.8 Å². The van der Waals surface area contributed by atoms with Crippen LogP contribution >= 0.6 is 11.8 Å². The third-order valence-corrected chi connectivity index (χ3v) is 3.22. The van der Waals surface area contributed by atoms with Gasteiger partial charge in [-0.2, -0.15) is 0 Å². The van der Waals surface area contributed by atoms with E-state index in [2.05, 4.69) is 19.9 Å². The smallest absolute Gasteiger partial charge is 0.193 e. The van der Waals surface area contributed by atoms with Crippen molar-refractivity contribution in [3.05, 3.63) is 29.8 Å². The zero-order chi connectivity index (χ0) is 12.3. The average molecular weight is 247 g/mol. The maximum absolute atomic E-state index is 5.85. The Balaban J connectivity index is 2.35. The number of hydrogen-bond donors (Lipinski definition) is 1. The highest BCUT2D eigenvalue weighted by Gasteiger charge is 2.10. The minimum atomic E-state index is 0.523. The predicted molar refractivity (Wildman–Crippen MR) is 66.7 cm³/mol. The van der Waals surface area contributed by atoms with Crippen LogP contribution in [0, 0.1) is 6.92 Å². The van der Waals surface area contributed by atoms with Gasteiger partial charge in [0.2, 0.25) is 0 Å². The van der Waals surface area contributed by atoms with E-state index in [1.54, 1.807) is 18.5 Å². The van der Waals surface area contributed by atoms with E-state index in [4.69, 9.17) is 5.73 Å². The van der Waals surface area contributed by atoms with Crippen LogP contribution in [-0.4, -0.2) is 19.9 Å². The molecule has 2 aromatic rings. The summed E-state index contributed by atoms with van der Waals surface area (Å²) in [4.78, 5) is 16.9. The molecule has 6 heteroatoms. The number of aromatic nitrogens is 4. The van der Waals surface area contributed by atoms with Crippen molar-refractivity contribution in [3.8, 4) is 0 Å². The average Bonchev–Trinajstić information content (AvgIpc) is 2.36. The highest BCUT2D eigenvalue weighted by atomic mass is 32.2. The van der Waals surface area contributed by atoms with Gasteiger partial charge in [0.1, 0.15) is 16.7 Å². The Bertz CT molecular complexity index is 515. The fourth-order valence-corrected chi connectivity index (χ4v) is 2.05. The summed E-state index contributed by atoms with van der Waals surface area (Å²) in [6, 6.07) is 1.78. The first-order valence-electron chi connectivity index (χ1n) is 5.28. The first-order chi connectivity index (χ1) is 8.20. The minimum absolute atomic E-state index is 0.523. The Morgan fingerprint density at radius 3 is 2.59 bits per heavy atom. The first-order valence-corrected chi connectivity index (χ1v) is 6.10. The predicted octanol–water partition coefficient (Wildman–Crippen LogP) is 1.87. The Morgan fingerprint density at radius 1 is 1.24 bits per heavy atom. The molecule has 2 rings (SSSR count). The van der Waals surface area contributed by atoms with Crippen LogP contribution in [0.4, 0.5) is 5.82 Å². The lowest BCUT2D eigenvalue weighted by molar-refractivity contribution is 0.872. The number of nitrogens with two attached hydrogens (primary N) is 1. The quantitative estimate of drug-likeness (QED) is 0.659. The van der Waals surface area contributed by atoms with Gasteiger partial charge >= 0.3 is 0 Å². The van der Waals surface area contributed by atoms with Gasteiger partial charge in [0.15, 0.2) is 5.16 Å². The van der Waals surface area contributed by atoms with E-state index in [0.29, 0.717) is 11.0 Å². The largest absolute Gasteiger partial charge is 0.383 e. The van der Waals surface area contributed by atoms with Crippen LogP contribution < -0.4 is 5.73 Å². The normalized spacial score (nSPS) is 10.5. The van der Waals surface area contributed by atoms with Gasteiger partial charge in [0.05, 0.1) is 0 Å². The molecule has 0 aliphatic carbocycles. The Kier molecular flexibility index (Phi) is 3.53. The lowest BCUT2D eigenvalue weighted by atomic mass is 10.3. The molecule has 0 fully saturated rings. The van der Waals surface area contributed by atoms with Gasteiger partial charge in [-0.15, -0.1) is 0 Å². The van der Waals surface area contributed by atoms with E-state index >= 15 is 0 Å². The van der Waals surface area contributed by atoms with Crippen molar-refractivity contribution in [1.29, 1.82) is 0 Å². The number of aryl methyl sites for hydroxylation is 1. The standard InChI is InChI=1S/C11H13N5S/c1-3-8-15-9(12)7(2)10(16-8)17-11-13-5-4-6-14-11/h4-6H,3H2,1-2H3,(H2,12,15,16). The molecular formula is C11H13N5S. The van der Waals surface area contributed by atoms with Gasteiger partial charge < -0.3 is 5.73 Å². The zero-order valence-electron chi connectivity index (χ0n) is 9.71. The third kappa shape index (κ3) is 2.71. The molecule has 0 bridgehead atoms. The Labute approximate surface area is 104 Å². The van der Waals surface area contributed by atoms with Crippen molar-refractivity contribution < 1.29 is 0 Å². The third-order valence-electron chi connectivity index (χ3n) is 2.23. The summed E-state index contributed by atoms with van der Waals surface area (Å²) in [5.74, 6) is 1.27. The van der Waals surface area contributed by atoms with Gasteiger partial charge in [0.25, 0.3) is 0 Å². The summed E-state index contributed by atoms with van der Waals surface area (Å²) in [6.07, 6.45) is 4.17. The number of hydrogen-bond acceptors (Lipinski definition) is 6. The summed E-state index contributed by atoms with van der Waals surface area (Å²) in [5.41, 5.74) is 6.72. The molecule has 0 saturated heterocycles. The molecular weight excluding hydrogens is 234 g/mol. The van der Waals surface area contributed by atoms with E-state index in [9.17, 15) is 0 Å². The van der Waals surface area contributed by atoms with Crippen LogP contribution in [0.5, 0.6) is 0 Å². The summed E-state index contributed by atoms with van der Waals surface area (Å²) in [5, 5.41) is 1.48. The molecule has 88 valence electrons. The molecule has 2 N–H and O–H groups in total. The molecule has 0 spiro atoms. The number of anilines is 1. The number of nitrogens with zero attached hydrogens (tertiary/aromatic N) is 4. The molecule has 0 aliphatic rings. The van der Waals surface area contributed by atoms with Crippen molar-refractivity contribution in [2.45, 2.75) is 30.5 Å². The van der Waals surface area contributed by atoms with E-state index < -0.39 is 0 Å². The SMILES string of the molecule is CCc1nc(N)c(C)c(Sc2ncccn2)n1. The minimum Gasteiger partial charge on any atom is -0.383 e. The van der Waals surface area contributed by atoms with Crippen LogP contribution in [0.25, 0.3) is 0 Å². The van der Waals surface area contributed by atoms with Crippen molar-refractivity contribution in [2.24, 2.45) is 0 Å². The topological polar surface area (TPSA) is 77.6 Å². The summed E-state index contributed by atoms with van der Waals surface area (Å²) < 4.78 is 0. The number of rotatable bonds is 3. The zero-order valence-corrected chi connectivity index (χ0v) is 10.5. The molecule has 17 heavy (non-hydrogen) atoms. The molecule has 0 aromatic carbocycles. The summed E-state index contributed by atoms with van der Waals surface area (Å²) in [7, 11) is 0. The molecule has 0 radical (unpaired) electrons.